The predicted octanol–water partition coefficient (Wildman–Crippen LogP) is 3.60. The van der Waals surface area contributed by atoms with E-state index in [9.17, 15) is 14.4 Å². The van der Waals surface area contributed by atoms with Crippen molar-refractivity contribution in [3.8, 4) is 21.4 Å². The number of nitrogens with zero attached hydrogens (tertiary/aromatic N) is 1. The van der Waals surface area contributed by atoms with E-state index in [1.54, 1.807) is 5.38 Å². The van der Waals surface area contributed by atoms with Crippen LogP contribution in [0.4, 0.5) is 5.69 Å². The zero-order chi connectivity index (χ0) is 20.4. The molecule has 2 aromatic heterocycles. The fourth-order valence-corrected chi connectivity index (χ4v) is 4.21. The molecular weight excluding hydrogens is 416 g/mol. The highest BCUT2D eigenvalue weighted by Crippen LogP contribution is 2.37. The van der Waals surface area contributed by atoms with E-state index in [0.29, 0.717) is 16.5 Å². The number of ketones is 1. The third kappa shape index (κ3) is 4.13. The van der Waals surface area contributed by atoms with E-state index in [-0.39, 0.29) is 29.5 Å². The average molecular weight is 430 g/mol. The summed E-state index contributed by atoms with van der Waals surface area (Å²) in [6.07, 6.45) is 0. The van der Waals surface area contributed by atoms with Crippen molar-refractivity contribution in [2.75, 3.05) is 18.7 Å². The minimum absolute atomic E-state index is 0.0444. The van der Waals surface area contributed by atoms with E-state index in [2.05, 4.69) is 10.3 Å². The number of carbonyl (C=O) groups is 3. The maximum atomic E-state index is 12.2. The number of benzene rings is 1. The van der Waals surface area contributed by atoms with Gasteiger partial charge in [0.25, 0.3) is 5.91 Å². The number of anilines is 1. The fraction of sp³-hybridized carbons (Fsp3) is 0.158. The van der Waals surface area contributed by atoms with Crippen molar-refractivity contribution >= 4 is 46.0 Å². The Hall–Kier alpha value is -3.24. The van der Waals surface area contributed by atoms with Gasteiger partial charge < -0.3 is 19.5 Å². The lowest BCUT2D eigenvalue weighted by atomic mass is 10.1. The van der Waals surface area contributed by atoms with Crippen LogP contribution < -0.4 is 14.8 Å². The number of esters is 1. The smallest absolute Gasteiger partial charge is 0.358 e. The van der Waals surface area contributed by atoms with E-state index in [4.69, 9.17) is 14.2 Å². The van der Waals surface area contributed by atoms with Crippen molar-refractivity contribution in [1.82, 2.24) is 4.98 Å². The van der Waals surface area contributed by atoms with Crippen LogP contribution in [0.2, 0.25) is 0 Å². The van der Waals surface area contributed by atoms with Gasteiger partial charge in [0.05, 0.1) is 10.6 Å². The van der Waals surface area contributed by atoms with Crippen LogP contribution in [0.15, 0.2) is 35.0 Å². The van der Waals surface area contributed by atoms with E-state index in [0.717, 1.165) is 4.88 Å². The standard InChI is InChI=1S/C19H14N2O6S2/c1-10(22)11-5-14-15(27-9-26-14)6-12(11)20-17(23)7-25-19(24)13-8-29-18(21-13)16-3-2-4-28-16/h2-6,8H,7,9H2,1H3,(H,20,23). The molecule has 10 heteroatoms. The Morgan fingerprint density at radius 3 is 2.72 bits per heavy atom. The maximum Gasteiger partial charge on any atom is 0.358 e. The molecule has 0 atom stereocenters. The van der Waals surface area contributed by atoms with Crippen LogP contribution in [0.25, 0.3) is 9.88 Å². The summed E-state index contributed by atoms with van der Waals surface area (Å²) >= 11 is 2.84. The highest BCUT2D eigenvalue weighted by Gasteiger charge is 2.21. The first-order chi connectivity index (χ1) is 14.0. The molecule has 0 unspecified atom stereocenters. The van der Waals surface area contributed by atoms with Crippen LogP contribution in [-0.2, 0) is 9.53 Å². The molecule has 0 saturated carbocycles. The Bertz CT molecular complexity index is 1090. The molecule has 3 heterocycles. The predicted molar refractivity (Wildman–Crippen MR) is 107 cm³/mol. The van der Waals surface area contributed by atoms with E-state index < -0.39 is 18.5 Å². The molecule has 0 fully saturated rings. The minimum Gasteiger partial charge on any atom is -0.454 e. The summed E-state index contributed by atoms with van der Waals surface area (Å²) < 4.78 is 15.6. The maximum absolute atomic E-state index is 12.2. The summed E-state index contributed by atoms with van der Waals surface area (Å²) in [5.41, 5.74) is 0.671. The van der Waals surface area contributed by atoms with Gasteiger partial charge in [0.15, 0.2) is 29.6 Å². The number of fused-ring (bicyclic) bond motifs is 1. The van der Waals surface area contributed by atoms with Gasteiger partial charge in [-0.25, -0.2) is 9.78 Å². The summed E-state index contributed by atoms with van der Waals surface area (Å²) in [6, 6.07) is 6.82. The first-order valence-electron chi connectivity index (χ1n) is 8.42. The molecule has 1 amide bonds. The third-order valence-corrected chi connectivity index (χ3v) is 5.83. The normalized spacial score (nSPS) is 11.9. The van der Waals surface area contributed by atoms with Gasteiger partial charge >= 0.3 is 5.97 Å². The van der Waals surface area contributed by atoms with Crippen LogP contribution >= 0.6 is 22.7 Å². The number of hydrogen-bond donors (Lipinski definition) is 1. The van der Waals surface area contributed by atoms with Crippen molar-refractivity contribution in [2.45, 2.75) is 6.92 Å². The van der Waals surface area contributed by atoms with Gasteiger partial charge in [0.2, 0.25) is 6.79 Å². The molecule has 0 bridgehead atoms. The molecule has 0 radical (unpaired) electrons. The van der Waals surface area contributed by atoms with Crippen LogP contribution in [0, 0.1) is 0 Å². The van der Waals surface area contributed by atoms with Gasteiger partial charge in [0, 0.05) is 17.0 Å². The monoisotopic (exact) mass is 430 g/mol. The van der Waals surface area contributed by atoms with Crippen molar-refractivity contribution in [2.24, 2.45) is 0 Å². The number of carbonyl (C=O) groups excluding carboxylic acids is 3. The minimum atomic E-state index is -0.698. The number of Topliss-reactive ketones (excluding diaryl/α,β-unsaturated/α-hetero) is 1. The van der Waals surface area contributed by atoms with Crippen LogP contribution in [0.1, 0.15) is 27.8 Å². The van der Waals surface area contributed by atoms with Gasteiger partial charge in [-0.15, -0.1) is 22.7 Å². The van der Waals surface area contributed by atoms with Gasteiger partial charge in [-0.1, -0.05) is 6.07 Å². The van der Waals surface area contributed by atoms with E-state index in [1.807, 2.05) is 17.5 Å². The van der Waals surface area contributed by atoms with Crippen molar-refractivity contribution in [1.29, 1.82) is 0 Å². The van der Waals surface area contributed by atoms with E-state index >= 15 is 0 Å². The molecule has 1 aromatic carbocycles. The lowest BCUT2D eigenvalue weighted by Crippen LogP contribution is -2.22. The second-order valence-electron chi connectivity index (χ2n) is 5.95. The summed E-state index contributed by atoms with van der Waals surface area (Å²) in [5, 5.41) is 6.78. The van der Waals surface area contributed by atoms with Crippen molar-refractivity contribution < 1.29 is 28.6 Å². The third-order valence-electron chi connectivity index (χ3n) is 3.95. The molecular formula is C19H14N2O6S2. The summed E-state index contributed by atoms with van der Waals surface area (Å²) in [4.78, 5) is 41.4. The zero-order valence-corrected chi connectivity index (χ0v) is 16.7. The van der Waals surface area contributed by atoms with E-state index in [1.165, 1.54) is 41.7 Å². The summed E-state index contributed by atoms with van der Waals surface area (Å²) in [7, 11) is 0. The molecule has 0 spiro atoms. The zero-order valence-electron chi connectivity index (χ0n) is 15.1. The second-order valence-corrected chi connectivity index (χ2v) is 7.75. The molecule has 0 saturated heterocycles. The Kier molecular flexibility index (Phi) is 5.28. The highest BCUT2D eigenvalue weighted by molar-refractivity contribution is 7.20. The molecule has 4 rings (SSSR count). The highest BCUT2D eigenvalue weighted by atomic mass is 32.1. The molecule has 8 nitrogen and oxygen atoms in total. The van der Waals surface area contributed by atoms with Crippen molar-refractivity contribution in [3.63, 3.8) is 0 Å². The fourth-order valence-electron chi connectivity index (χ4n) is 2.61. The molecule has 1 N–H and O–H groups in total. The molecule has 148 valence electrons. The lowest BCUT2D eigenvalue weighted by molar-refractivity contribution is -0.119. The molecule has 29 heavy (non-hydrogen) atoms. The average Bonchev–Trinajstić information content (AvgIpc) is 3.45. The lowest BCUT2D eigenvalue weighted by Gasteiger charge is -2.10. The Balaban J connectivity index is 1.39. The Morgan fingerprint density at radius 2 is 2.00 bits per heavy atom. The summed E-state index contributed by atoms with van der Waals surface area (Å²) in [5.74, 6) is -0.681. The van der Waals surface area contributed by atoms with Crippen molar-refractivity contribution in [3.05, 3.63) is 46.3 Å². The number of amides is 1. The largest absolute Gasteiger partial charge is 0.454 e. The first-order valence-corrected chi connectivity index (χ1v) is 10.2. The van der Waals surface area contributed by atoms with Gasteiger partial charge in [-0.2, -0.15) is 0 Å². The van der Waals surface area contributed by atoms with Gasteiger partial charge in [0.1, 0.15) is 5.01 Å². The molecule has 1 aliphatic heterocycles. The van der Waals surface area contributed by atoms with Crippen LogP contribution in [-0.4, -0.2) is 36.0 Å². The van der Waals surface area contributed by atoms with Crippen LogP contribution in [0.3, 0.4) is 0 Å². The topological polar surface area (TPSA) is 104 Å². The number of ether oxygens (including phenoxy) is 3. The number of rotatable bonds is 6. The number of thiazole rings is 1. The van der Waals surface area contributed by atoms with Crippen LogP contribution in [0.5, 0.6) is 11.5 Å². The molecule has 0 aliphatic carbocycles. The first kappa shape index (κ1) is 19.1. The summed E-state index contributed by atoms with van der Waals surface area (Å²) in [6.45, 7) is 0.903. The number of thiophene rings is 1. The number of aromatic nitrogens is 1. The number of nitrogens with one attached hydrogen (secondary N) is 1. The SMILES string of the molecule is CC(=O)c1cc2c(cc1NC(=O)COC(=O)c1csc(-c3cccs3)n1)OCO2. The molecule has 3 aromatic rings. The molecule has 1 aliphatic rings. The van der Waals surface area contributed by atoms with Gasteiger partial charge in [-0.3, -0.25) is 9.59 Å². The second kappa shape index (κ2) is 8.02. The number of hydrogen-bond acceptors (Lipinski definition) is 9. The quantitative estimate of drug-likeness (QED) is 0.471. The Labute approximate surface area is 173 Å². The van der Waals surface area contributed by atoms with Gasteiger partial charge in [-0.05, 0) is 24.4 Å². The Morgan fingerprint density at radius 1 is 1.21 bits per heavy atom.